The summed E-state index contributed by atoms with van der Waals surface area (Å²) in [7, 11) is 0. The number of nitrogens with zero attached hydrogens (tertiary/aromatic N) is 1. The molecule has 8 heteroatoms. The van der Waals surface area contributed by atoms with Crippen molar-refractivity contribution in [3.8, 4) is 5.75 Å². The molecular formula is C17H15F3N2O3. The number of amides is 1. The van der Waals surface area contributed by atoms with Gasteiger partial charge in [0.2, 0.25) is 5.91 Å². The molecule has 0 radical (unpaired) electrons. The van der Waals surface area contributed by atoms with E-state index in [4.69, 9.17) is 0 Å². The zero-order chi connectivity index (χ0) is 18.0. The lowest BCUT2D eigenvalue weighted by Gasteiger charge is -2.24. The standard InChI is InChI=1S/C17H15F3N2O3/c18-17(19,20)25-12-5-3-11(4-6-12)10-21-16(24)14-7-8-15(23)13-2-1-9-22(13)14/h1-6,9,14H,7-8,10H2,(H,21,24). The molecule has 0 saturated heterocycles. The Kier molecular flexibility index (Phi) is 4.52. The molecule has 2 aromatic rings. The molecule has 25 heavy (non-hydrogen) atoms. The van der Waals surface area contributed by atoms with E-state index in [1.54, 1.807) is 22.9 Å². The molecule has 3 rings (SSSR count). The molecule has 1 aromatic carbocycles. The van der Waals surface area contributed by atoms with E-state index in [-0.39, 0.29) is 24.0 Å². The van der Waals surface area contributed by atoms with Crippen molar-refractivity contribution in [3.05, 3.63) is 53.9 Å². The van der Waals surface area contributed by atoms with Crippen LogP contribution in [0.3, 0.4) is 0 Å². The monoisotopic (exact) mass is 352 g/mol. The Morgan fingerprint density at radius 2 is 1.96 bits per heavy atom. The molecule has 132 valence electrons. The summed E-state index contributed by atoms with van der Waals surface area (Å²) in [5, 5.41) is 2.75. The summed E-state index contributed by atoms with van der Waals surface area (Å²) in [6, 6.07) is 8.23. The Hall–Kier alpha value is -2.77. The summed E-state index contributed by atoms with van der Waals surface area (Å²) < 4.78 is 41.8. The molecule has 1 unspecified atom stereocenters. The van der Waals surface area contributed by atoms with Crippen LogP contribution in [0.25, 0.3) is 0 Å². The lowest BCUT2D eigenvalue weighted by atomic mass is 10.0. The summed E-state index contributed by atoms with van der Waals surface area (Å²) in [5.74, 6) is -0.541. The smallest absolute Gasteiger partial charge is 0.406 e. The first-order chi connectivity index (χ1) is 11.8. The molecule has 1 aromatic heterocycles. The second-order valence-electron chi connectivity index (χ2n) is 5.69. The van der Waals surface area contributed by atoms with Gasteiger partial charge in [0.1, 0.15) is 11.8 Å². The number of carbonyl (C=O) groups is 2. The van der Waals surface area contributed by atoms with Crippen LogP contribution in [0.4, 0.5) is 13.2 Å². The second kappa shape index (κ2) is 6.62. The van der Waals surface area contributed by atoms with E-state index in [0.717, 1.165) is 0 Å². The maximum absolute atomic E-state index is 12.4. The number of hydrogen-bond acceptors (Lipinski definition) is 3. The molecule has 1 amide bonds. The Morgan fingerprint density at radius 3 is 2.64 bits per heavy atom. The second-order valence-corrected chi connectivity index (χ2v) is 5.69. The Balaban J connectivity index is 1.60. The average molecular weight is 352 g/mol. The third-order valence-corrected chi connectivity index (χ3v) is 3.97. The van der Waals surface area contributed by atoms with Gasteiger partial charge in [-0.25, -0.2) is 0 Å². The molecule has 0 saturated carbocycles. The number of ether oxygens (including phenoxy) is 1. The van der Waals surface area contributed by atoms with Crippen LogP contribution in [0.2, 0.25) is 0 Å². The zero-order valence-electron chi connectivity index (χ0n) is 13.0. The molecule has 0 spiro atoms. The van der Waals surface area contributed by atoms with Crippen LogP contribution in [-0.4, -0.2) is 22.6 Å². The fourth-order valence-electron chi connectivity index (χ4n) is 2.81. The number of alkyl halides is 3. The Bertz CT molecular complexity index is 781. The minimum atomic E-state index is -4.73. The number of halogens is 3. The highest BCUT2D eigenvalue weighted by Gasteiger charge is 2.31. The van der Waals surface area contributed by atoms with Gasteiger partial charge in [-0.15, -0.1) is 13.2 Å². The van der Waals surface area contributed by atoms with E-state index < -0.39 is 12.4 Å². The van der Waals surface area contributed by atoms with Crippen LogP contribution in [-0.2, 0) is 11.3 Å². The van der Waals surface area contributed by atoms with Gasteiger partial charge in [0.15, 0.2) is 5.78 Å². The highest BCUT2D eigenvalue weighted by molar-refractivity contribution is 5.97. The van der Waals surface area contributed by atoms with Crippen molar-refractivity contribution in [1.82, 2.24) is 9.88 Å². The van der Waals surface area contributed by atoms with E-state index in [2.05, 4.69) is 10.1 Å². The van der Waals surface area contributed by atoms with Crippen molar-refractivity contribution in [2.75, 3.05) is 0 Å². The number of nitrogens with one attached hydrogen (secondary N) is 1. The van der Waals surface area contributed by atoms with Gasteiger partial charge < -0.3 is 14.6 Å². The van der Waals surface area contributed by atoms with Crippen LogP contribution >= 0.6 is 0 Å². The Morgan fingerprint density at radius 1 is 1.24 bits per heavy atom. The van der Waals surface area contributed by atoms with Gasteiger partial charge in [-0.05, 0) is 36.2 Å². The summed E-state index contributed by atoms with van der Waals surface area (Å²) in [6.07, 6.45) is -2.31. The first-order valence-electron chi connectivity index (χ1n) is 7.66. The molecule has 2 heterocycles. The van der Waals surface area contributed by atoms with E-state index in [1.165, 1.54) is 24.3 Å². The summed E-state index contributed by atoms with van der Waals surface area (Å²) in [4.78, 5) is 24.2. The van der Waals surface area contributed by atoms with Gasteiger partial charge in [-0.1, -0.05) is 12.1 Å². The number of Topliss-reactive ketones (excluding diaryl/α,β-unsaturated/α-hetero) is 1. The Labute approximate surface area is 141 Å². The first kappa shape index (κ1) is 17.1. The number of benzene rings is 1. The molecule has 1 aliphatic heterocycles. The highest BCUT2D eigenvalue weighted by Crippen LogP contribution is 2.26. The van der Waals surface area contributed by atoms with Crippen LogP contribution in [0.5, 0.6) is 5.75 Å². The van der Waals surface area contributed by atoms with Gasteiger partial charge in [0.05, 0.1) is 5.69 Å². The summed E-state index contributed by atoms with van der Waals surface area (Å²) >= 11 is 0. The van der Waals surface area contributed by atoms with Crippen molar-refractivity contribution in [2.45, 2.75) is 31.8 Å². The van der Waals surface area contributed by atoms with Crippen molar-refractivity contribution in [3.63, 3.8) is 0 Å². The van der Waals surface area contributed by atoms with Gasteiger partial charge in [-0.2, -0.15) is 0 Å². The molecule has 0 fully saturated rings. The molecule has 1 N–H and O–H groups in total. The lowest BCUT2D eigenvalue weighted by molar-refractivity contribution is -0.274. The number of carbonyl (C=O) groups excluding carboxylic acids is 2. The largest absolute Gasteiger partial charge is 0.573 e. The van der Waals surface area contributed by atoms with Gasteiger partial charge in [-0.3, -0.25) is 9.59 Å². The molecular weight excluding hydrogens is 337 g/mol. The van der Waals surface area contributed by atoms with E-state index >= 15 is 0 Å². The quantitative estimate of drug-likeness (QED) is 0.919. The minimum absolute atomic E-state index is 0.00861. The summed E-state index contributed by atoms with van der Waals surface area (Å²) in [6.45, 7) is 0.173. The van der Waals surface area contributed by atoms with E-state index in [1.807, 2.05) is 0 Å². The number of ketones is 1. The topological polar surface area (TPSA) is 60.3 Å². The molecule has 1 aliphatic rings. The number of aromatic nitrogens is 1. The fourth-order valence-corrected chi connectivity index (χ4v) is 2.81. The maximum Gasteiger partial charge on any atom is 0.573 e. The van der Waals surface area contributed by atoms with Gasteiger partial charge >= 0.3 is 6.36 Å². The number of fused-ring (bicyclic) bond motifs is 1. The maximum atomic E-state index is 12.4. The van der Waals surface area contributed by atoms with Crippen molar-refractivity contribution < 1.29 is 27.5 Å². The van der Waals surface area contributed by atoms with Crippen LogP contribution < -0.4 is 10.1 Å². The predicted octanol–water partition coefficient (Wildman–Crippen LogP) is 3.22. The van der Waals surface area contributed by atoms with Gasteiger partial charge in [0, 0.05) is 19.2 Å². The summed E-state index contributed by atoms with van der Waals surface area (Å²) in [5.41, 5.74) is 1.16. The first-order valence-corrected chi connectivity index (χ1v) is 7.66. The number of hydrogen-bond donors (Lipinski definition) is 1. The molecule has 1 atom stereocenters. The minimum Gasteiger partial charge on any atom is -0.406 e. The van der Waals surface area contributed by atoms with Crippen LogP contribution in [0.15, 0.2) is 42.6 Å². The SMILES string of the molecule is O=C1CCC(C(=O)NCc2ccc(OC(F)(F)F)cc2)n2cccc21. The van der Waals surface area contributed by atoms with Crippen molar-refractivity contribution in [1.29, 1.82) is 0 Å². The zero-order valence-corrected chi connectivity index (χ0v) is 13.0. The number of rotatable bonds is 4. The third kappa shape index (κ3) is 4.01. The van der Waals surface area contributed by atoms with Crippen molar-refractivity contribution in [2.24, 2.45) is 0 Å². The van der Waals surface area contributed by atoms with Crippen LogP contribution in [0, 0.1) is 0 Å². The highest BCUT2D eigenvalue weighted by atomic mass is 19.4. The molecule has 5 nitrogen and oxygen atoms in total. The molecule has 0 aliphatic carbocycles. The van der Waals surface area contributed by atoms with E-state index in [0.29, 0.717) is 24.1 Å². The van der Waals surface area contributed by atoms with Crippen molar-refractivity contribution >= 4 is 11.7 Å². The van der Waals surface area contributed by atoms with E-state index in [9.17, 15) is 22.8 Å². The van der Waals surface area contributed by atoms with Gasteiger partial charge in [0.25, 0.3) is 0 Å². The van der Waals surface area contributed by atoms with Crippen LogP contribution in [0.1, 0.15) is 34.9 Å². The normalized spacial score (nSPS) is 17.1. The molecule has 0 bridgehead atoms. The average Bonchev–Trinajstić information content (AvgIpc) is 3.03. The lowest BCUT2D eigenvalue weighted by Crippen LogP contribution is -2.35. The predicted molar refractivity (Wildman–Crippen MR) is 82.0 cm³/mol. The fraction of sp³-hybridized carbons (Fsp3) is 0.294. The third-order valence-electron chi connectivity index (χ3n) is 3.97.